The molecule has 1 aromatic rings. The first-order chi connectivity index (χ1) is 10.2. The van der Waals surface area contributed by atoms with E-state index in [1.807, 2.05) is 6.07 Å². The zero-order chi connectivity index (χ0) is 14.6. The van der Waals surface area contributed by atoms with Crippen LogP contribution in [-0.2, 0) is 6.54 Å². The summed E-state index contributed by atoms with van der Waals surface area (Å²) >= 11 is 6.20. The lowest BCUT2D eigenvalue weighted by Gasteiger charge is -2.34. The first-order valence-corrected chi connectivity index (χ1v) is 7.60. The number of carbonyl (C=O) groups excluding carboxylic acids is 1. The van der Waals surface area contributed by atoms with E-state index in [4.69, 9.17) is 21.3 Å². The van der Waals surface area contributed by atoms with Gasteiger partial charge < -0.3 is 15.0 Å². The number of hydrogen-bond donors (Lipinski definition) is 1. The Morgan fingerprint density at radius 2 is 2.33 bits per heavy atom. The summed E-state index contributed by atoms with van der Waals surface area (Å²) in [5, 5.41) is 2.84. The Kier molecular flexibility index (Phi) is 2.85. The Balaban J connectivity index is 1.70. The number of rotatable bonds is 1. The second kappa shape index (κ2) is 4.63. The Morgan fingerprint density at radius 1 is 1.48 bits per heavy atom. The highest BCUT2D eigenvalue weighted by molar-refractivity contribution is 6.32. The summed E-state index contributed by atoms with van der Waals surface area (Å²) < 4.78 is 5.18. The number of nitrogens with one attached hydrogen (secondary N) is 1. The van der Waals surface area contributed by atoms with Crippen LogP contribution in [0.5, 0.6) is 5.75 Å². The number of amides is 1. The molecule has 0 spiro atoms. The zero-order valence-corrected chi connectivity index (χ0v) is 12.5. The lowest BCUT2D eigenvalue weighted by molar-refractivity contribution is 0.203. The van der Waals surface area contributed by atoms with Crippen molar-refractivity contribution in [2.75, 3.05) is 7.05 Å². The number of nitrogens with zero attached hydrogens (tertiary/aromatic N) is 2. The minimum atomic E-state index is -0.517. The van der Waals surface area contributed by atoms with E-state index in [9.17, 15) is 4.79 Å². The normalized spacial score (nSPS) is 25.2. The molecule has 0 aromatic heterocycles. The predicted octanol–water partition coefficient (Wildman–Crippen LogP) is 3.09. The summed E-state index contributed by atoms with van der Waals surface area (Å²) in [4.78, 5) is 18.5. The minimum absolute atomic E-state index is 0.387. The first kappa shape index (κ1) is 13.0. The summed E-state index contributed by atoms with van der Waals surface area (Å²) in [7, 11) is 1.52. The van der Waals surface area contributed by atoms with E-state index < -0.39 is 6.09 Å². The average Bonchev–Trinajstić information content (AvgIpc) is 3.07. The Labute approximate surface area is 127 Å². The van der Waals surface area contributed by atoms with E-state index in [1.165, 1.54) is 32.1 Å². The highest BCUT2D eigenvalue weighted by atomic mass is 35.5. The van der Waals surface area contributed by atoms with Crippen molar-refractivity contribution in [2.45, 2.75) is 31.8 Å². The number of amidine groups is 1. The van der Waals surface area contributed by atoms with Crippen LogP contribution in [0.25, 0.3) is 0 Å². The molecule has 2 bridgehead atoms. The second-order valence-corrected chi connectivity index (χ2v) is 6.22. The zero-order valence-electron chi connectivity index (χ0n) is 11.7. The van der Waals surface area contributed by atoms with E-state index >= 15 is 0 Å². The van der Waals surface area contributed by atoms with Gasteiger partial charge in [0.15, 0.2) is 5.75 Å². The van der Waals surface area contributed by atoms with Crippen molar-refractivity contribution >= 4 is 29.2 Å². The maximum absolute atomic E-state index is 11.4. The van der Waals surface area contributed by atoms with Crippen LogP contribution in [-0.4, -0.2) is 29.9 Å². The molecule has 110 valence electrons. The number of aliphatic imine (C=N–C) groups is 1. The topological polar surface area (TPSA) is 53.9 Å². The molecule has 21 heavy (non-hydrogen) atoms. The van der Waals surface area contributed by atoms with Gasteiger partial charge in [-0.25, -0.2) is 9.79 Å². The van der Waals surface area contributed by atoms with Gasteiger partial charge in [0.05, 0.1) is 10.7 Å². The molecule has 4 rings (SSSR count). The van der Waals surface area contributed by atoms with Crippen molar-refractivity contribution in [3.63, 3.8) is 0 Å². The molecule has 1 amide bonds. The highest BCUT2D eigenvalue weighted by Crippen LogP contribution is 2.45. The van der Waals surface area contributed by atoms with Crippen LogP contribution in [0.1, 0.15) is 24.8 Å². The number of fused-ring (bicyclic) bond motifs is 6. The third kappa shape index (κ3) is 1.99. The molecule has 2 unspecified atom stereocenters. The van der Waals surface area contributed by atoms with Gasteiger partial charge >= 0.3 is 6.09 Å². The standard InChI is InChI=1S/C15H16ClN3O2/c1-17-15(20)21-13-5-9-7-19-10-3-2-8(4-10)14(19)18-12(9)6-11(13)16/h5-6,8,10H,2-4,7H2,1H3,(H,17,20). The maximum atomic E-state index is 11.4. The molecule has 5 nitrogen and oxygen atoms in total. The van der Waals surface area contributed by atoms with Gasteiger partial charge in [0.2, 0.25) is 0 Å². The molecule has 1 N–H and O–H groups in total. The van der Waals surface area contributed by atoms with Crippen LogP contribution in [0, 0.1) is 5.92 Å². The van der Waals surface area contributed by atoms with Gasteiger partial charge in [0.25, 0.3) is 0 Å². The van der Waals surface area contributed by atoms with Crippen LogP contribution in [0.2, 0.25) is 5.02 Å². The van der Waals surface area contributed by atoms with Gasteiger partial charge in [-0.2, -0.15) is 0 Å². The molecule has 3 aliphatic rings. The average molecular weight is 306 g/mol. The van der Waals surface area contributed by atoms with Crippen molar-refractivity contribution in [3.8, 4) is 5.75 Å². The van der Waals surface area contributed by atoms with Gasteiger partial charge in [-0.3, -0.25) is 0 Å². The van der Waals surface area contributed by atoms with Crippen molar-refractivity contribution in [3.05, 3.63) is 22.7 Å². The number of halogens is 1. The molecule has 1 aliphatic carbocycles. The smallest absolute Gasteiger partial charge is 0.409 e. The van der Waals surface area contributed by atoms with Crippen molar-refractivity contribution in [2.24, 2.45) is 10.9 Å². The molecular formula is C15H16ClN3O2. The van der Waals surface area contributed by atoms with Crippen molar-refractivity contribution < 1.29 is 9.53 Å². The van der Waals surface area contributed by atoms with Crippen LogP contribution >= 0.6 is 11.6 Å². The van der Waals surface area contributed by atoms with Crippen LogP contribution < -0.4 is 10.1 Å². The van der Waals surface area contributed by atoms with Crippen LogP contribution in [0.15, 0.2) is 17.1 Å². The number of hydrogen-bond acceptors (Lipinski definition) is 4. The third-order valence-corrected chi connectivity index (χ3v) is 4.92. The van der Waals surface area contributed by atoms with E-state index in [0.29, 0.717) is 22.7 Å². The highest BCUT2D eigenvalue weighted by Gasteiger charge is 2.44. The number of carbonyl (C=O) groups is 1. The predicted molar refractivity (Wildman–Crippen MR) is 80.3 cm³/mol. The van der Waals surface area contributed by atoms with E-state index in [2.05, 4.69) is 10.2 Å². The summed E-state index contributed by atoms with van der Waals surface area (Å²) in [6.07, 6.45) is 3.22. The second-order valence-electron chi connectivity index (χ2n) is 5.81. The molecule has 2 aliphatic heterocycles. The molecule has 2 fully saturated rings. The van der Waals surface area contributed by atoms with Crippen LogP contribution in [0.3, 0.4) is 0 Å². The van der Waals surface area contributed by atoms with E-state index in [0.717, 1.165) is 17.8 Å². The Morgan fingerprint density at radius 3 is 3.14 bits per heavy atom. The largest absolute Gasteiger partial charge is 0.412 e. The summed E-state index contributed by atoms with van der Waals surface area (Å²) in [6, 6.07) is 4.26. The van der Waals surface area contributed by atoms with Crippen molar-refractivity contribution in [1.29, 1.82) is 0 Å². The fourth-order valence-corrected chi connectivity index (χ4v) is 3.81. The van der Waals surface area contributed by atoms with Crippen LogP contribution in [0.4, 0.5) is 10.5 Å². The van der Waals surface area contributed by atoms with Gasteiger partial charge in [-0.15, -0.1) is 0 Å². The van der Waals surface area contributed by atoms with Crippen molar-refractivity contribution in [1.82, 2.24) is 10.2 Å². The summed E-state index contributed by atoms with van der Waals surface area (Å²) in [5.74, 6) is 2.22. The van der Waals surface area contributed by atoms with E-state index in [1.54, 1.807) is 6.07 Å². The lowest BCUT2D eigenvalue weighted by Crippen LogP contribution is -2.38. The van der Waals surface area contributed by atoms with E-state index in [-0.39, 0.29) is 0 Å². The number of ether oxygens (including phenoxy) is 1. The van der Waals surface area contributed by atoms with Gasteiger partial charge in [-0.1, -0.05) is 11.6 Å². The molecule has 2 atom stereocenters. The molecular weight excluding hydrogens is 290 g/mol. The summed E-state index contributed by atoms with van der Waals surface area (Å²) in [6.45, 7) is 0.830. The molecule has 0 radical (unpaired) electrons. The number of benzene rings is 1. The molecule has 1 saturated carbocycles. The quantitative estimate of drug-likeness (QED) is 0.867. The first-order valence-electron chi connectivity index (χ1n) is 7.23. The monoisotopic (exact) mass is 305 g/mol. The third-order valence-electron chi connectivity index (χ3n) is 4.62. The Hall–Kier alpha value is -1.75. The molecule has 2 heterocycles. The van der Waals surface area contributed by atoms with Gasteiger partial charge in [-0.05, 0) is 31.4 Å². The SMILES string of the molecule is CNC(=O)Oc1cc2c(cc1Cl)N=C1C3CCC(C3)N1C2. The maximum Gasteiger partial charge on any atom is 0.412 e. The molecule has 1 aromatic carbocycles. The van der Waals surface area contributed by atoms with Gasteiger partial charge in [0, 0.05) is 31.1 Å². The number of piperidine rings is 1. The Bertz CT molecular complexity index is 659. The fraction of sp³-hybridized carbons (Fsp3) is 0.467. The fourth-order valence-electron chi connectivity index (χ4n) is 3.61. The minimum Gasteiger partial charge on any atom is -0.409 e. The molecule has 6 heteroatoms. The molecule has 1 saturated heterocycles. The van der Waals surface area contributed by atoms with Gasteiger partial charge in [0.1, 0.15) is 5.84 Å². The lowest BCUT2D eigenvalue weighted by atomic mass is 10.0. The summed E-state index contributed by atoms with van der Waals surface area (Å²) in [5.41, 5.74) is 1.97.